The van der Waals surface area contributed by atoms with Gasteiger partial charge in [-0.2, -0.15) is 0 Å². The van der Waals surface area contributed by atoms with Gasteiger partial charge in [-0.3, -0.25) is 14.9 Å². The highest BCUT2D eigenvalue weighted by Gasteiger charge is 2.16. The molecule has 6 nitrogen and oxygen atoms in total. The molecule has 0 aliphatic carbocycles. The smallest absolute Gasteiger partial charge is 0.320 e. The first-order valence-electron chi connectivity index (χ1n) is 4.33. The number of carboxylic acid groups (broad SMARTS) is 1. The number of nitrogens with two attached hydrogens (primary N) is 1. The largest absolute Gasteiger partial charge is 0.480 e. The van der Waals surface area contributed by atoms with Crippen LogP contribution in [0.3, 0.4) is 0 Å². The molecular formula is C9H9BrN2O4. The van der Waals surface area contributed by atoms with Crippen molar-refractivity contribution in [3.8, 4) is 0 Å². The van der Waals surface area contributed by atoms with Crippen molar-refractivity contribution < 1.29 is 14.8 Å². The van der Waals surface area contributed by atoms with Gasteiger partial charge in [-0.25, -0.2) is 0 Å². The Morgan fingerprint density at radius 3 is 2.75 bits per heavy atom. The summed E-state index contributed by atoms with van der Waals surface area (Å²) >= 11 is 3.04. The Bertz CT molecular complexity index is 436. The molecule has 86 valence electrons. The maximum atomic E-state index is 10.6. The van der Waals surface area contributed by atoms with Crippen molar-refractivity contribution in [1.82, 2.24) is 0 Å². The third-order valence-corrected chi connectivity index (χ3v) is 2.65. The summed E-state index contributed by atoms with van der Waals surface area (Å²) in [6, 6.07) is 3.36. The van der Waals surface area contributed by atoms with E-state index in [4.69, 9.17) is 10.8 Å². The first kappa shape index (κ1) is 12.6. The van der Waals surface area contributed by atoms with Gasteiger partial charge in [-0.15, -0.1) is 0 Å². The van der Waals surface area contributed by atoms with Crippen LogP contribution in [0.15, 0.2) is 22.7 Å². The van der Waals surface area contributed by atoms with Crippen molar-refractivity contribution in [3.63, 3.8) is 0 Å². The molecule has 0 heterocycles. The highest BCUT2D eigenvalue weighted by atomic mass is 79.9. The van der Waals surface area contributed by atoms with Gasteiger partial charge < -0.3 is 10.8 Å². The molecule has 1 aromatic carbocycles. The number of carboxylic acids is 1. The minimum atomic E-state index is -1.13. The molecule has 3 N–H and O–H groups in total. The first-order chi connectivity index (χ1) is 7.41. The molecule has 16 heavy (non-hydrogen) atoms. The van der Waals surface area contributed by atoms with E-state index in [0.717, 1.165) is 0 Å². The molecule has 0 fully saturated rings. The van der Waals surface area contributed by atoms with Gasteiger partial charge in [0, 0.05) is 6.07 Å². The molecule has 1 atom stereocenters. The van der Waals surface area contributed by atoms with Crippen LogP contribution >= 0.6 is 15.9 Å². The number of hydrogen-bond acceptors (Lipinski definition) is 4. The average Bonchev–Trinajstić information content (AvgIpc) is 2.20. The monoisotopic (exact) mass is 288 g/mol. The second kappa shape index (κ2) is 5.04. The molecule has 0 saturated carbocycles. The summed E-state index contributed by atoms with van der Waals surface area (Å²) in [4.78, 5) is 20.6. The molecule has 7 heteroatoms. The molecule has 0 spiro atoms. The van der Waals surface area contributed by atoms with Crippen molar-refractivity contribution >= 4 is 27.6 Å². The summed E-state index contributed by atoms with van der Waals surface area (Å²) in [6.45, 7) is 0. The van der Waals surface area contributed by atoms with Crippen LogP contribution in [0.1, 0.15) is 5.56 Å². The van der Waals surface area contributed by atoms with Gasteiger partial charge in [0.2, 0.25) is 0 Å². The summed E-state index contributed by atoms with van der Waals surface area (Å²) in [7, 11) is 0. The van der Waals surface area contributed by atoms with Crippen LogP contribution in [0, 0.1) is 10.1 Å². The number of hydrogen-bond donors (Lipinski definition) is 2. The van der Waals surface area contributed by atoms with Crippen molar-refractivity contribution in [2.24, 2.45) is 5.73 Å². The second-order valence-corrected chi connectivity index (χ2v) is 4.05. The average molecular weight is 289 g/mol. The first-order valence-corrected chi connectivity index (χ1v) is 5.12. The summed E-state index contributed by atoms with van der Waals surface area (Å²) in [5, 5.41) is 19.2. The van der Waals surface area contributed by atoms with E-state index < -0.39 is 16.9 Å². The van der Waals surface area contributed by atoms with E-state index in [1.54, 1.807) is 6.07 Å². The van der Waals surface area contributed by atoms with Gasteiger partial charge in [-0.05, 0) is 34.0 Å². The third kappa shape index (κ3) is 3.01. The molecule has 1 rings (SSSR count). The van der Waals surface area contributed by atoms with Crippen molar-refractivity contribution in [3.05, 3.63) is 38.3 Å². The van der Waals surface area contributed by atoms with Crippen LogP contribution in [-0.4, -0.2) is 22.0 Å². The number of rotatable bonds is 4. The minimum Gasteiger partial charge on any atom is -0.480 e. The highest BCUT2D eigenvalue weighted by Crippen LogP contribution is 2.25. The van der Waals surface area contributed by atoms with Crippen LogP contribution in [0.4, 0.5) is 5.69 Å². The van der Waals surface area contributed by atoms with E-state index in [-0.39, 0.29) is 12.1 Å². The fourth-order valence-electron chi connectivity index (χ4n) is 1.17. The van der Waals surface area contributed by atoms with Crippen molar-refractivity contribution in [1.29, 1.82) is 0 Å². The lowest BCUT2D eigenvalue weighted by atomic mass is 10.1. The SMILES string of the molecule is NC(Cc1ccc(Br)c([N+](=O)[O-])c1)C(=O)O. The molecule has 0 radical (unpaired) electrons. The predicted octanol–water partition coefficient (Wildman–Crippen LogP) is 1.31. The zero-order chi connectivity index (χ0) is 12.3. The maximum Gasteiger partial charge on any atom is 0.320 e. The topological polar surface area (TPSA) is 106 Å². The number of halogens is 1. The van der Waals surface area contributed by atoms with Gasteiger partial charge in [0.05, 0.1) is 9.40 Å². The summed E-state index contributed by atoms with van der Waals surface area (Å²) in [5.41, 5.74) is 5.75. The van der Waals surface area contributed by atoms with E-state index in [9.17, 15) is 14.9 Å². The standard InChI is InChI=1S/C9H9BrN2O4/c10-6-2-1-5(3-7(11)9(13)14)4-8(6)12(15)16/h1-2,4,7H,3,11H2,(H,13,14). The Morgan fingerprint density at radius 2 is 2.25 bits per heavy atom. The summed E-state index contributed by atoms with van der Waals surface area (Å²) in [6.07, 6.45) is 0.0590. The maximum absolute atomic E-state index is 10.6. The lowest BCUT2D eigenvalue weighted by Crippen LogP contribution is -2.32. The molecule has 0 aliphatic rings. The van der Waals surface area contributed by atoms with Gasteiger partial charge in [-0.1, -0.05) is 6.07 Å². The van der Waals surface area contributed by atoms with E-state index in [1.165, 1.54) is 12.1 Å². The minimum absolute atomic E-state index is 0.0590. The van der Waals surface area contributed by atoms with Crippen LogP contribution in [0.5, 0.6) is 0 Å². The number of nitro benzene ring substituents is 1. The number of nitro groups is 1. The fourth-order valence-corrected chi connectivity index (χ4v) is 1.56. The molecule has 0 aromatic heterocycles. The van der Waals surface area contributed by atoms with Crippen molar-refractivity contribution in [2.75, 3.05) is 0 Å². The number of aliphatic carboxylic acids is 1. The molecule has 0 bridgehead atoms. The molecule has 0 aliphatic heterocycles. The van der Waals surface area contributed by atoms with Crippen molar-refractivity contribution in [2.45, 2.75) is 12.5 Å². The van der Waals surface area contributed by atoms with Crippen LogP contribution < -0.4 is 5.73 Å². The van der Waals surface area contributed by atoms with E-state index in [0.29, 0.717) is 10.0 Å². The van der Waals surface area contributed by atoms with E-state index >= 15 is 0 Å². The van der Waals surface area contributed by atoms with E-state index in [1.807, 2.05) is 0 Å². The van der Waals surface area contributed by atoms with Crippen LogP contribution in [0.2, 0.25) is 0 Å². The van der Waals surface area contributed by atoms with Gasteiger partial charge in [0.1, 0.15) is 6.04 Å². The van der Waals surface area contributed by atoms with Gasteiger partial charge in [0.25, 0.3) is 5.69 Å². The Morgan fingerprint density at radius 1 is 1.62 bits per heavy atom. The van der Waals surface area contributed by atoms with Crippen LogP contribution in [-0.2, 0) is 11.2 Å². The lowest BCUT2D eigenvalue weighted by molar-refractivity contribution is -0.385. The van der Waals surface area contributed by atoms with E-state index in [2.05, 4.69) is 15.9 Å². The lowest BCUT2D eigenvalue weighted by Gasteiger charge is -2.06. The van der Waals surface area contributed by atoms with Gasteiger partial charge >= 0.3 is 5.97 Å². The number of nitrogens with zero attached hydrogens (tertiary/aromatic N) is 1. The zero-order valence-corrected chi connectivity index (χ0v) is 9.68. The zero-order valence-electron chi connectivity index (χ0n) is 8.09. The number of benzene rings is 1. The Labute approximate surface area is 99.3 Å². The predicted molar refractivity (Wildman–Crippen MR) is 60.1 cm³/mol. The van der Waals surface area contributed by atoms with Crippen LogP contribution in [0.25, 0.3) is 0 Å². The molecule has 0 saturated heterocycles. The van der Waals surface area contributed by atoms with Gasteiger partial charge in [0.15, 0.2) is 0 Å². The molecule has 0 amide bonds. The Kier molecular flexibility index (Phi) is 3.97. The second-order valence-electron chi connectivity index (χ2n) is 3.19. The summed E-state index contributed by atoms with van der Waals surface area (Å²) in [5.74, 6) is -1.13. The summed E-state index contributed by atoms with van der Waals surface area (Å²) < 4.78 is 0.352. The quantitative estimate of drug-likeness (QED) is 0.642. The Balaban J connectivity index is 2.95. The Hall–Kier alpha value is -1.47. The fraction of sp³-hybridized carbons (Fsp3) is 0.222. The molecular weight excluding hydrogens is 280 g/mol. The molecule has 1 aromatic rings. The normalized spacial score (nSPS) is 12.1. The number of carbonyl (C=O) groups is 1. The highest BCUT2D eigenvalue weighted by molar-refractivity contribution is 9.10. The third-order valence-electron chi connectivity index (χ3n) is 1.98. The molecule has 1 unspecified atom stereocenters.